The second kappa shape index (κ2) is 8.87. The molecular formula is C21H36N4O. The molecule has 0 aliphatic carbocycles. The van der Waals surface area contributed by atoms with E-state index in [2.05, 4.69) is 86.2 Å². The molecular weight excluding hydrogens is 324 g/mol. The van der Waals surface area contributed by atoms with E-state index in [9.17, 15) is 4.79 Å². The highest BCUT2D eigenvalue weighted by Gasteiger charge is 2.25. The largest absolute Gasteiger partial charge is 0.378 e. The lowest BCUT2D eigenvalue weighted by Crippen LogP contribution is -2.48. The van der Waals surface area contributed by atoms with Crippen LogP contribution >= 0.6 is 0 Å². The Hall–Kier alpha value is -1.59. The van der Waals surface area contributed by atoms with Crippen molar-refractivity contribution >= 4 is 11.6 Å². The number of carbonyl (C=O) groups is 1. The van der Waals surface area contributed by atoms with E-state index in [0.717, 1.165) is 26.2 Å². The van der Waals surface area contributed by atoms with Crippen molar-refractivity contribution in [2.24, 2.45) is 5.41 Å². The summed E-state index contributed by atoms with van der Waals surface area (Å²) in [5.74, 6) is 0.140. The zero-order chi connectivity index (χ0) is 19.3. The van der Waals surface area contributed by atoms with Crippen LogP contribution in [0.25, 0.3) is 0 Å². The number of nitrogens with zero attached hydrogens (tertiary/aromatic N) is 3. The van der Waals surface area contributed by atoms with Crippen molar-refractivity contribution in [2.45, 2.75) is 33.2 Å². The minimum atomic E-state index is 0.0147. The van der Waals surface area contributed by atoms with E-state index in [1.54, 1.807) is 0 Å². The summed E-state index contributed by atoms with van der Waals surface area (Å²) in [6, 6.07) is 8.96. The smallest absolute Gasteiger partial charge is 0.220 e. The van der Waals surface area contributed by atoms with Gasteiger partial charge in [-0.3, -0.25) is 9.69 Å². The molecule has 1 saturated heterocycles. The highest BCUT2D eigenvalue weighted by molar-refractivity contribution is 5.76. The maximum absolute atomic E-state index is 12.3. The molecule has 1 N–H and O–H groups in total. The third kappa shape index (κ3) is 6.29. The van der Waals surface area contributed by atoms with Gasteiger partial charge in [-0.2, -0.15) is 0 Å². The van der Waals surface area contributed by atoms with Crippen LogP contribution in [-0.2, 0) is 4.79 Å². The molecule has 1 aliphatic heterocycles. The molecule has 5 heteroatoms. The van der Waals surface area contributed by atoms with E-state index >= 15 is 0 Å². The maximum atomic E-state index is 12.3. The lowest BCUT2D eigenvalue weighted by Gasteiger charge is -2.38. The van der Waals surface area contributed by atoms with Gasteiger partial charge in [0.15, 0.2) is 0 Å². The van der Waals surface area contributed by atoms with Crippen LogP contribution in [-0.4, -0.2) is 69.6 Å². The van der Waals surface area contributed by atoms with Crippen molar-refractivity contribution in [1.82, 2.24) is 15.1 Å². The molecule has 1 aliphatic rings. The van der Waals surface area contributed by atoms with Gasteiger partial charge in [-0.1, -0.05) is 32.9 Å². The fourth-order valence-electron chi connectivity index (χ4n) is 3.34. The Morgan fingerprint density at radius 3 is 2.19 bits per heavy atom. The first-order valence-corrected chi connectivity index (χ1v) is 9.62. The summed E-state index contributed by atoms with van der Waals surface area (Å²) < 4.78 is 0. The van der Waals surface area contributed by atoms with Crippen LogP contribution in [0.1, 0.15) is 38.8 Å². The van der Waals surface area contributed by atoms with Gasteiger partial charge in [-0.05, 0) is 30.2 Å². The van der Waals surface area contributed by atoms with Crippen LogP contribution in [0.5, 0.6) is 0 Å². The number of nitrogens with one attached hydrogen (secondary N) is 1. The second-order valence-corrected chi connectivity index (χ2v) is 8.88. The topological polar surface area (TPSA) is 38.8 Å². The van der Waals surface area contributed by atoms with E-state index in [4.69, 9.17) is 0 Å². The van der Waals surface area contributed by atoms with Crippen LogP contribution in [0.2, 0.25) is 0 Å². The number of hydrogen-bond acceptors (Lipinski definition) is 4. The molecule has 0 radical (unpaired) electrons. The molecule has 1 amide bonds. The number of anilines is 1. The highest BCUT2D eigenvalue weighted by Crippen LogP contribution is 2.24. The zero-order valence-corrected chi connectivity index (χ0v) is 17.4. The number of likely N-dealkylation sites (N-methyl/N-ethyl adjacent to an activating group) is 1. The molecule has 1 aromatic carbocycles. The average molecular weight is 361 g/mol. The van der Waals surface area contributed by atoms with Crippen LogP contribution in [0.15, 0.2) is 24.3 Å². The monoisotopic (exact) mass is 360 g/mol. The van der Waals surface area contributed by atoms with Gasteiger partial charge in [0.05, 0.1) is 6.04 Å². The van der Waals surface area contributed by atoms with Crippen LogP contribution in [0.4, 0.5) is 5.69 Å². The molecule has 1 atom stereocenters. The van der Waals surface area contributed by atoms with Crippen LogP contribution in [0.3, 0.4) is 0 Å². The number of piperazine rings is 1. The van der Waals surface area contributed by atoms with Crippen LogP contribution in [0, 0.1) is 5.41 Å². The SMILES string of the molecule is CN1CCN([C@H](CNC(=O)CC(C)(C)C)c2ccc(N(C)C)cc2)CC1. The molecule has 0 spiro atoms. The van der Waals surface area contributed by atoms with E-state index in [1.165, 1.54) is 11.3 Å². The standard InChI is InChI=1S/C21H36N4O/c1-21(2,3)15-20(26)22-16-19(25-13-11-24(6)12-14-25)17-7-9-18(10-8-17)23(4)5/h7-10,19H,11-16H2,1-6H3,(H,22,26)/t19-/m1/s1. The quantitative estimate of drug-likeness (QED) is 0.846. The molecule has 26 heavy (non-hydrogen) atoms. The summed E-state index contributed by atoms with van der Waals surface area (Å²) in [5, 5.41) is 3.18. The zero-order valence-electron chi connectivity index (χ0n) is 17.4. The second-order valence-electron chi connectivity index (χ2n) is 8.88. The van der Waals surface area contributed by atoms with Gasteiger partial charge < -0.3 is 15.1 Å². The van der Waals surface area contributed by atoms with E-state index in [0.29, 0.717) is 13.0 Å². The number of rotatable bonds is 6. The molecule has 0 aromatic heterocycles. The van der Waals surface area contributed by atoms with Gasteiger partial charge in [0, 0.05) is 58.9 Å². The first kappa shape index (κ1) is 20.7. The predicted molar refractivity (Wildman–Crippen MR) is 110 cm³/mol. The summed E-state index contributed by atoms with van der Waals surface area (Å²) >= 11 is 0. The van der Waals surface area contributed by atoms with Crippen molar-refractivity contribution < 1.29 is 4.79 Å². The molecule has 2 rings (SSSR count). The third-order valence-corrected chi connectivity index (χ3v) is 4.96. The fourth-order valence-corrected chi connectivity index (χ4v) is 3.34. The van der Waals surface area contributed by atoms with Crippen molar-refractivity contribution in [3.63, 3.8) is 0 Å². The number of carbonyl (C=O) groups excluding carboxylic acids is 1. The predicted octanol–water partition coefficient (Wildman–Crippen LogP) is 2.59. The molecule has 0 bridgehead atoms. The summed E-state index contributed by atoms with van der Waals surface area (Å²) in [6.07, 6.45) is 0.558. The lowest BCUT2D eigenvalue weighted by atomic mass is 9.92. The van der Waals surface area contributed by atoms with E-state index < -0.39 is 0 Å². The Morgan fingerprint density at radius 1 is 1.12 bits per heavy atom. The first-order chi connectivity index (χ1) is 12.2. The summed E-state index contributed by atoms with van der Waals surface area (Å²) in [5.41, 5.74) is 2.49. The van der Waals surface area contributed by atoms with Gasteiger partial charge in [0.25, 0.3) is 0 Å². The van der Waals surface area contributed by atoms with Crippen molar-refractivity contribution in [3.8, 4) is 0 Å². The number of hydrogen-bond donors (Lipinski definition) is 1. The minimum absolute atomic E-state index is 0.0147. The van der Waals surface area contributed by atoms with Gasteiger partial charge in [-0.15, -0.1) is 0 Å². The van der Waals surface area contributed by atoms with Crippen molar-refractivity contribution in [3.05, 3.63) is 29.8 Å². The molecule has 1 fully saturated rings. The number of amides is 1. The van der Waals surface area contributed by atoms with Crippen molar-refractivity contribution in [1.29, 1.82) is 0 Å². The Kier molecular flexibility index (Phi) is 7.07. The molecule has 146 valence electrons. The highest BCUT2D eigenvalue weighted by atomic mass is 16.1. The lowest BCUT2D eigenvalue weighted by molar-refractivity contribution is -0.123. The summed E-state index contributed by atoms with van der Waals surface area (Å²) in [4.78, 5) is 19.3. The Bertz CT molecular complexity index is 569. The van der Waals surface area contributed by atoms with Gasteiger partial charge in [0.1, 0.15) is 0 Å². The summed E-state index contributed by atoms with van der Waals surface area (Å²) in [6.45, 7) is 11.2. The van der Waals surface area contributed by atoms with Gasteiger partial charge >= 0.3 is 0 Å². The molecule has 0 saturated carbocycles. The third-order valence-electron chi connectivity index (χ3n) is 4.96. The molecule has 1 aromatic rings. The molecule has 5 nitrogen and oxygen atoms in total. The van der Waals surface area contributed by atoms with Gasteiger partial charge in [0.2, 0.25) is 5.91 Å². The molecule has 0 unspecified atom stereocenters. The maximum Gasteiger partial charge on any atom is 0.220 e. The summed E-state index contributed by atoms with van der Waals surface area (Å²) in [7, 11) is 6.28. The Balaban J connectivity index is 2.10. The van der Waals surface area contributed by atoms with E-state index in [-0.39, 0.29) is 17.4 Å². The first-order valence-electron chi connectivity index (χ1n) is 9.62. The Morgan fingerprint density at radius 2 is 1.69 bits per heavy atom. The van der Waals surface area contributed by atoms with Crippen LogP contribution < -0.4 is 10.2 Å². The average Bonchev–Trinajstić information content (AvgIpc) is 2.55. The van der Waals surface area contributed by atoms with E-state index in [1.807, 2.05) is 0 Å². The Labute approximate surface area is 159 Å². The normalized spacial score (nSPS) is 17.8. The van der Waals surface area contributed by atoms with Crippen molar-refractivity contribution in [2.75, 3.05) is 58.8 Å². The fraction of sp³-hybridized carbons (Fsp3) is 0.667. The number of benzene rings is 1. The molecule has 1 heterocycles. The van der Waals surface area contributed by atoms with Gasteiger partial charge in [-0.25, -0.2) is 0 Å². The minimum Gasteiger partial charge on any atom is -0.378 e.